The van der Waals surface area contributed by atoms with E-state index in [1.807, 2.05) is 47.0 Å². The molecule has 4 aromatic rings. The van der Waals surface area contributed by atoms with E-state index in [1.165, 1.54) is 22.6 Å². The molecule has 4 rings (SSSR count). The predicted molar refractivity (Wildman–Crippen MR) is 215 cm³/mol. The molecule has 6 heteroatoms. The van der Waals surface area contributed by atoms with Crippen LogP contribution >= 0.6 is 8.58 Å². The van der Waals surface area contributed by atoms with Gasteiger partial charge in [0.2, 0.25) is 0 Å². The van der Waals surface area contributed by atoms with Crippen LogP contribution in [0.25, 0.3) is 33.7 Å². The van der Waals surface area contributed by atoms with E-state index < -0.39 is 0 Å². The summed E-state index contributed by atoms with van der Waals surface area (Å²) in [5.74, 6) is 2.48. The minimum Gasteiger partial charge on any atom is -0.345 e. The van der Waals surface area contributed by atoms with Gasteiger partial charge >= 0.3 is 0 Å². The Morgan fingerprint density at radius 1 is 0.667 bits per heavy atom. The molecule has 0 aliphatic rings. The van der Waals surface area contributed by atoms with Crippen molar-refractivity contribution in [3.63, 3.8) is 0 Å². The average molecular weight is 671 g/mol. The van der Waals surface area contributed by atoms with Crippen molar-refractivity contribution >= 4 is 25.5 Å². The standard InChI is InChI=1S/2C12H12N2.C9H19P.C7H14O.C2H6/c2*1-9(2)10-3-5-11(6-4-10)12-7-13-8-14-12;1-6-10-9(5)8(4)7(2)3;1-5(2)6(3)7(4)8;1-2/h2*3-8H,1H2,2H3,(H,13,14);7-8,10H,5-6H2,1-4H3;5-6H,1-4H3;1-2H3. The van der Waals surface area contributed by atoms with E-state index in [2.05, 4.69) is 130 Å². The molecule has 0 fully saturated rings. The van der Waals surface area contributed by atoms with Crippen LogP contribution in [0.15, 0.2) is 98.6 Å². The number of rotatable bonds is 10. The maximum absolute atomic E-state index is 10.6. The van der Waals surface area contributed by atoms with Gasteiger partial charge in [0.1, 0.15) is 5.78 Å². The van der Waals surface area contributed by atoms with Crippen LogP contribution in [-0.2, 0) is 4.79 Å². The molecular formula is C42H63N4OP. The molecule has 0 bridgehead atoms. The minimum atomic E-state index is 0.231. The lowest BCUT2D eigenvalue weighted by Crippen LogP contribution is -2.12. The number of nitrogens with zero attached hydrogens (tertiary/aromatic N) is 2. The number of H-pyrrole nitrogens is 2. The quantitative estimate of drug-likeness (QED) is 0.165. The molecule has 2 aromatic heterocycles. The largest absolute Gasteiger partial charge is 0.345 e. The Labute approximate surface area is 294 Å². The second-order valence-corrected chi connectivity index (χ2v) is 14.1. The molecule has 2 heterocycles. The monoisotopic (exact) mass is 670 g/mol. The zero-order valence-corrected chi connectivity index (χ0v) is 32.9. The maximum Gasteiger partial charge on any atom is 0.132 e. The number of aromatic nitrogens is 4. The predicted octanol–water partition coefficient (Wildman–Crippen LogP) is 12.6. The van der Waals surface area contributed by atoms with Gasteiger partial charge in [-0.15, -0.1) is 0 Å². The number of carbonyl (C=O) groups excluding carboxylic acids is 1. The summed E-state index contributed by atoms with van der Waals surface area (Å²) < 4.78 is 0. The number of nitrogens with one attached hydrogen (secondary N) is 2. The van der Waals surface area contributed by atoms with Crippen LogP contribution in [-0.4, -0.2) is 31.9 Å². The van der Waals surface area contributed by atoms with Crippen LogP contribution in [0.2, 0.25) is 0 Å². The van der Waals surface area contributed by atoms with Crippen molar-refractivity contribution < 1.29 is 4.79 Å². The highest BCUT2D eigenvalue weighted by Gasteiger charge is 2.10. The summed E-state index contributed by atoms with van der Waals surface area (Å²) in [4.78, 5) is 24.7. The van der Waals surface area contributed by atoms with Gasteiger partial charge in [-0.3, -0.25) is 4.79 Å². The Morgan fingerprint density at radius 2 is 1.02 bits per heavy atom. The van der Waals surface area contributed by atoms with Gasteiger partial charge in [0.25, 0.3) is 0 Å². The van der Waals surface area contributed by atoms with Gasteiger partial charge in [-0.25, -0.2) is 9.97 Å². The van der Waals surface area contributed by atoms with Crippen LogP contribution < -0.4 is 0 Å². The molecule has 0 saturated heterocycles. The van der Waals surface area contributed by atoms with Crippen molar-refractivity contribution in [2.45, 2.75) is 83.1 Å². The van der Waals surface area contributed by atoms with Crippen LogP contribution in [0.3, 0.4) is 0 Å². The zero-order chi connectivity index (χ0) is 36.8. The molecule has 3 atom stereocenters. The van der Waals surface area contributed by atoms with Crippen LogP contribution in [0, 0.1) is 23.7 Å². The smallest absolute Gasteiger partial charge is 0.132 e. The number of hydrogen-bond donors (Lipinski definition) is 2. The van der Waals surface area contributed by atoms with Gasteiger partial charge in [-0.1, -0.05) is 156 Å². The Bertz CT molecular complexity index is 1360. The van der Waals surface area contributed by atoms with E-state index in [1.54, 1.807) is 19.6 Å². The lowest BCUT2D eigenvalue weighted by Gasteiger charge is -2.17. The molecule has 2 aromatic carbocycles. The van der Waals surface area contributed by atoms with Crippen molar-refractivity contribution in [1.29, 1.82) is 0 Å². The Balaban J connectivity index is 0.000000618. The second kappa shape index (κ2) is 24.3. The second-order valence-electron chi connectivity index (χ2n) is 12.4. The first-order chi connectivity index (χ1) is 22.7. The molecule has 0 spiro atoms. The summed E-state index contributed by atoms with van der Waals surface area (Å²) in [6, 6.07) is 16.5. The zero-order valence-electron chi connectivity index (χ0n) is 31.9. The van der Waals surface area contributed by atoms with E-state index in [4.69, 9.17) is 0 Å². The first-order valence-corrected chi connectivity index (χ1v) is 18.3. The molecule has 0 aliphatic carbocycles. The Hall–Kier alpha value is -3.82. The minimum absolute atomic E-state index is 0.231. The van der Waals surface area contributed by atoms with E-state index in [-0.39, 0.29) is 5.92 Å². The first-order valence-electron chi connectivity index (χ1n) is 17.1. The topological polar surface area (TPSA) is 74.4 Å². The highest BCUT2D eigenvalue weighted by atomic mass is 31.1. The van der Waals surface area contributed by atoms with Crippen LogP contribution in [0.4, 0.5) is 0 Å². The lowest BCUT2D eigenvalue weighted by molar-refractivity contribution is -0.121. The number of Topliss-reactive ketones (excluding diaryl/α,β-unsaturated/α-hetero) is 1. The van der Waals surface area contributed by atoms with E-state index in [0.717, 1.165) is 48.2 Å². The lowest BCUT2D eigenvalue weighted by atomic mass is 9.95. The summed E-state index contributed by atoms with van der Waals surface area (Å²) in [5, 5.41) is 1.44. The van der Waals surface area contributed by atoms with Crippen LogP contribution in [0.1, 0.15) is 94.2 Å². The van der Waals surface area contributed by atoms with Crippen molar-refractivity contribution in [2.75, 3.05) is 6.16 Å². The fourth-order valence-electron chi connectivity index (χ4n) is 3.96. The van der Waals surface area contributed by atoms with Crippen molar-refractivity contribution in [3.05, 3.63) is 110 Å². The molecular weight excluding hydrogens is 607 g/mol. The number of benzene rings is 2. The van der Waals surface area contributed by atoms with Gasteiger partial charge in [0, 0.05) is 5.92 Å². The first kappa shape index (κ1) is 44.2. The molecule has 0 amide bonds. The molecule has 5 nitrogen and oxygen atoms in total. The highest BCUT2D eigenvalue weighted by Crippen LogP contribution is 2.32. The number of carbonyl (C=O) groups is 1. The molecule has 3 unspecified atom stereocenters. The number of imidazole rings is 2. The average Bonchev–Trinajstić information content (AvgIpc) is 3.82. The number of aromatic amines is 2. The van der Waals surface area contributed by atoms with Gasteiger partial charge in [0.05, 0.1) is 36.4 Å². The maximum atomic E-state index is 10.6. The van der Waals surface area contributed by atoms with E-state index in [9.17, 15) is 4.79 Å². The van der Waals surface area contributed by atoms with E-state index >= 15 is 0 Å². The summed E-state index contributed by atoms with van der Waals surface area (Å²) in [6.07, 6.45) is 8.26. The van der Waals surface area contributed by atoms with Crippen molar-refractivity contribution in [1.82, 2.24) is 19.9 Å². The third-order valence-corrected chi connectivity index (χ3v) is 9.23. The van der Waals surface area contributed by atoms with Crippen molar-refractivity contribution in [3.8, 4) is 22.5 Å². The molecule has 0 aliphatic heterocycles. The third kappa shape index (κ3) is 16.8. The molecule has 0 saturated carbocycles. The van der Waals surface area contributed by atoms with Gasteiger partial charge in [-0.05, 0) is 66.9 Å². The van der Waals surface area contributed by atoms with Gasteiger partial charge in [-0.2, -0.15) is 0 Å². The summed E-state index contributed by atoms with van der Waals surface area (Å²) in [5.41, 5.74) is 8.89. The summed E-state index contributed by atoms with van der Waals surface area (Å²) in [7, 11) is 0.967. The fourth-order valence-corrected chi connectivity index (χ4v) is 5.07. The molecule has 48 heavy (non-hydrogen) atoms. The molecule has 0 radical (unpaired) electrons. The Kier molecular flexibility index (Phi) is 22.4. The molecule has 262 valence electrons. The summed E-state index contributed by atoms with van der Waals surface area (Å²) >= 11 is 0. The summed E-state index contributed by atoms with van der Waals surface area (Å²) in [6.45, 7) is 36.6. The Morgan fingerprint density at radius 3 is 1.23 bits per heavy atom. The van der Waals surface area contributed by atoms with Gasteiger partial charge < -0.3 is 9.97 Å². The fraction of sp³-hybridized carbons (Fsp3) is 0.405. The number of allylic oxidation sites excluding steroid dienone is 3. The van der Waals surface area contributed by atoms with Gasteiger partial charge in [0.15, 0.2) is 0 Å². The third-order valence-electron chi connectivity index (χ3n) is 7.97. The molecule has 2 N–H and O–H groups in total. The van der Waals surface area contributed by atoms with Crippen molar-refractivity contribution in [2.24, 2.45) is 23.7 Å². The van der Waals surface area contributed by atoms with E-state index in [0.29, 0.717) is 17.6 Å². The normalized spacial score (nSPS) is 11.5. The van der Waals surface area contributed by atoms with Crippen LogP contribution in [0.5, 0.6) is 0 Å². The highest BCUT2D eigenvalue weighted by molar-refractivity contribution is 7.42. The SMILES string of the molecule is C=C(C)c1ccc(-c2cnc[nH]2)cc1.C=C(C)c1ccc(-c2cnc[nH]2)cc1.C=C(PCC)C(C)C(C)C.CC.CC(=O)C(C)C(C)C. The number of hydrogen-bond acceptors (Lipinski definition) is 3. The number of ketones is 1.